The zero-order valence-electron chi connectivity index (χ0n) is 20.7. The van der Waals surface area contributed by atoms with E-state index in [1.807, 2.05) is 62.1 Å². The van der Waals surface area contributed by atoms with Gasteiger partial charge < -0.3 is 15.0 Å². The molecule has 0 atom stereocenters. The Balaban J connectivity index is 1.63. The molecule has 2 amide bonds. The summed E-state index contributed by atoms with van der Waals surface area (Å²) < 4.78 is 5.38. The van der Waals surface area contributed by atoms with E-state index in [9.17, 15) is 9.59 Å². The maximum absolute atomic E-state index is 12.5. The lowest BCUT2D eigenvalue weighted by Gasteiger charge is -2.28. The maximum Gasteiger partial charge on any atom is 0.407 e. The predicted octanol–water partition coefficient (Wildman–Crippen LogP) is 6.68. The van der Waals surface area contributed by atoms with Crippen LogP contribution in [0.4, 0.5) is 10.5 Å². The van der Waals surface area contributed by atoms with Gasteiger partial charge in [0.2, 0.25) is 5.91 Å². The Labute approximate surface area is 212 Å². The van der Waals surface area contributed by atoms with Crippen LogP contribution in [0.3, 0.4) is 0 Å². The quantitative estimate of drug-likeness (QED) is 0.445. The first kappa shape index (κ1) is 24.8. The molecule has 0 spiro atoms. The fourth-order valence-corrected chi connectivity index (χ4v) is 4.64. The molecule has 1 aliphatic rings. The van der Waals surface area contributed by atoms with Crippen LogP contribution in [0.2, 0.25) is 5.02 Å². The Hall–Kier alpha value is -3.31. The van der Waals surface area contributed by atoms with Crippen LogP contribution in [0.1, 0.15) is 49.9 Å². The number of nitrogens with zero attached hydrogens (tertiary/aromatic N) is 1. The van der Waals surface area contributed by atoms with Crippen LogP contribution in [0.5, 0.6) is 0 Å². The van der Waals surface area contributed by atoms with Crippen molar-refractivity contribution < 1.29 is 14.3 Å². The normalized spacial score (nSPS) is 13.2. The molecule has 0 saturated carbocycles. The fraction of sp³-hybridized carbons (Fsp3) is 0.310. The van der Waals surface area contributed by atoms with Gasteiger partial charge in [0, 0.05) is 24.2 Å². The number of rotatable bonds is 3. The number of fused-ring (bicyclic) bond motifs is 2. The van der Waals surface area contributed by atoms with Crippen molar-refractivity contribution in [2.75, 3.05) is 4.90 Å². The molecule has 5 nitrogen and oxygen atoms in total. The topological polar surface area (TPSA) is 58.6 Å². The molecule has 1 N–H and O–H groups in total. The molecule has 0 fully saturated rings. The first-order valence-corrected chi connectivity index (χ1v) is 12.2. The standard InChI is InChI=1S/C29H31ClN2O3/c1-19(33)32-18-24-12-10-21(15-20(24)9-11-22-16-25(30)13-14-27(22)32)26-8-6-5-7-23(26)17-31-28(34)35-29(2,3)4/h5-8,10,12-16H,9,11,17-18H2,1-4H3,(H,31,34). The molecule has 6 heteroatoms. The molecule has 1 aliphatic heterocycles. The summed E-state index contributed by atoms with van der Waals surface area (Å²) in [5, 5.41) is 3.54. The Bertz CT molecular complexity index is 1260. The van der Waals surface area contributed by atoms with Gasteiger partial charge in [-0.05, 0) is 85.2 Å². The molecule has 0 saturated heterocycles. The van der Waals surface area contributed by atoms with Gasteiger partial charge in [0.1, 0.15) is 5.60 Å². The zero-order chi connectivity index (χ0) is 25.2. The van der Waals surface area contributed by atoms with E-state index in [1.54, 1.807) is 6.92 Å². The van der Waals surface area contributed by atoms with E-state index in [0.29, 0.717) is 18.1 Å². The summed E-state index contributed by atoms with van der Waals surface area (Å²) in [4.78, 5) is 26.5. The van der Waals surface area contributed by atoms with Gasteiger partial charge in [-0.2, -0.15) is 0 Å². The van der Waals surface area contributed by atoms with Crippen molar-refractivity contribution in [3.8, 4) is 11.1 Å². The highest BCUT2D eigenvalue weighted by atomic mass is 35.5. The summed E-state index contributed by atoms with van der Waals surface area (Å²) in [5.74, 6) is 0.00376. The van der Waals surface area contributed by atoms with Gasteiger partial charge in [-0.1, -0.05) is 54.1 Å². The third-order valence-electron chi connectivity index (χ3n) is 6.06. The molecule has 35 heavy (non-hydrogen) atoms. The minimum absolute atomic E-state index is 0.00376. The van der Waals surface area contributed by atoms with Gasteiger partial charge in [-0.25, -0.2) is 4.79 Å². The SMILES string of the molecule is CC(=O)N1Cc2ccc(-c3ccccc3CNC(=O)OC(C)(C)C)cc2CCc2cc(Cl)ccc21. The minimum atomic E-state index is -0.546. The van der Waals surface area contributed by atoms with E-state index >= 15 is 0 Å². The number of anilines is 1. The van der Waals surface area contributed by atoms with Gasteiger partial charge in [-0.15, -0.1) is 0 Å². The molecule has 3 aromatic carbocycles. The molecule has 182 valence electrons. The molecule has 1 heterocycles. The highest BCUT2D eigenvalue weighted by Crippen LogP contribution is 2.33. The van der Waals surface area contributed by atoms with E-state index in [4.69, 9.17) is 16.3 Å². The van der Waals surface area contributed by atoms with E-state index in [0.717, 1.165) is 46.3 Å². The van der Waals surface area contributed by atoms with Crippen LogP contribution >= 0.6 is 11.6 Å². The molecular weight excluding hydrogens is 460 g/mol. The number of carbonyl (C=O) groups is 2. The number of ether oxygens (including phenoxy) is 1. The fourth-order valence-electron chi connectivity index (χ4n) is 4.44. The van der Waals surface area contributed by atoms with Gasteiger partial charge in [0.05, 0.1) is 6.54 Å². The highest BCUT2D eigenvalue weighted by Gasteiger charge is 2.21. The number of benzene rings is 3. The molecule has 0 unspecified atom stereocenters. The van der Waals surface area contributed by atoms with Crippen LogP contribution in [0.25, 0.3) is 11.1 Å². The number of nitrogens with one attached hydrogen (secondary N) is 1. The lowest BCUT2D eigenvalue weighted by Crippen LogP contribution is -2.32. The lowest BCUT2D eigenvalue weighted by atomic mass is 9.91. The van der Waals surface area contributed by atoms with Crippen LogP contribution in [-0.2, 0) is 35.5 Å². The average Bonchev–Trinajstić information content (AvgIpc) is 2.78. The number of alkyl carbamates (subject to hydrolysis) is 1. The Morgan fingerprint density at radius 1 is 0.971 bits per heavy atom. The largest absolute Gasteiger partial charge is 0.444 e. The summed E-state index contributed by atoms with van der Waals surface area (Å²) in [6.45, 7) is 8.02. The second-order valence-corrected chi connectivity index (χ2v) is 10.3. The number of halogens is 1. The molecule has 0 aromatic heterocycles. The van der Waals surface area contributed by atoms with Crippen LogP contribution in [0.15, 0.2) is 60.7 Å². The Morgan fingerprint density at radius 2 is 1.71 bits per heavy atom. The van der Waals surface area contributed by atoms with Crippen LogP contribution in [0, 0.1) is 0 Å². The van der Waals surface area contributed by atoms with Gasteiger partial charge in [0.25, 0.3) is 0 Å². The Morgan fingerprint density at radius 3 is 2.46 bits per heavy atom. The molecule has 0 radical (unpaired) electrons. The van der Waals surface area contributed by atoms with Gasteiger partial charge in [0.15, 0.2) is 0 Å². The minimum Gasteiger partial charge on any atom is -0.444 e. The van der Waals surface area contributed by atoms with Crippen molar-refractivity contribution in [3.63, 3.8) is 0 Å². The summed E-state index contributed by atoms with van der Waals surface area (Å²) in [5.41, 5.74) is 6.93. The van der Waals surface area contributed by atoms with Crippen molar-refractivity contribution in [2.24, 2.45) is 0 Å². The molecular formula is C29H31ClN2O3. The summed E-state index contributed by atoms with van der Waals surface area (Å²) >= 11 is 6.27. The molecule has 4 rings (SSSR count). The van der Waals surface area contributed by atoms with Crippen LogP contribution < -0.4 is 10.2 Å². The van der Waals surface area contributed by atoms with Crippen LogP contribution in [-0.4, -0.2) is 17.6 Å². The van der Waals surface area contributed by atoms with Crippen molar-refractivity contribution in [3.05, 3.63) is 87.9 Å². The monoisotopic (exact) mass is 490 g/mol. The maximum atomic E-state index is 12.5. The van der Waals surface area contributed by atoms with Crippen molar-refractivity contribution >= 4 is 29.3 Å². The number of aryl methyl sites for hydroxylation is 2. The first-order chi connectivity index (χ1) is 16.6. The first-order valence-electron chi connectivity index (χ1n) is 11.8. The van der Waals surface area contributed by atoms with Crippen molar-refractivity contribution in [1.29, 1.82) is 0 Å². The summed E-state index contributed by atoms with van der Waals surface area (Å²) in [6.07, 6.45) is 1.20. The molecule has 0 bridgehead atoms. The smallest absolute Gasteiger partial charge is 0.407 e. The van der Waals surface area contributed by atoms with E-state index in [2.05, 4.69) is 29.6 Å². The average molecular weight is 491 g/mol. The van der Waals surface area contributed by atoms with E-state index in [1.165, 1.54) is 5.56 Å². The van der Waals surface area contributed by atoms with Crippen molar-refractivity contribution in [1.82, 2.24) is 5.32 Å². The third-order valence-corrected chi connectivity index (χ3v) is 6.30. The highest BCUT2D eigenvalue weighted by molar-refractivity contribution is 6.30. The number of hydrogen-bond acceptors (Lipinski definition) is 3. The zero-order valence-corrected chi connectivity index (χ0v) is 21.4. The second kappa shape index (κ2) is 10.1. The molecule has 3 aromatic rings. The third kappa shape index (κ3) is 6.04. The summed E-state index contributed by atoms with van der Waals surface area (Å²) in [6, 6.07) is 20.2. The van der Waals surface area contributed by atoms with Crippen molar-refractivity contribution in [2.45, 2.75) is 59.2 Å². The van der Waals surface area contributed by atoms with Gasteiger partial charge >= 0.3 is 6.09 Å². The van der Waals surface area contributed by atoms with E-state index < -0.39 is 11.7 Å². The Kier molecular flexibility index (Phi) is 7.18. The number of carbonyl (C=O) groups excluding carboxylic acids is 2. The van der Waals surface area contributed by atoms with Gasteiger partial charge in [-0.3, -0.25) is 4.79 Å². The summed E-state index contributed by atoms with van der Waals surface area (Å²) in [7, 11) is 0. The lowest BCUT2D eigenvalue weighted by molar-refractivity contribution is -0.116. The number of amides is 2. The second-order valence-electron chi connectivity index (χ2n) is 9.87. The number of hydrogen-bond donors (Lipinski definition) is 1. The molecule has 0 aliphatic carbocycles. The van der Waals surface area contributed by atoms with E-state index in [-0.39, 0.29) is 5.91 Å². The predicted molar refractivity (Wildman–Crippen MR) is 141 cm³/mol.